The van der Waals surface area contributed by atoms with E-state index < -0.39 is 13.7 Å². The number of aryl methyl sites for hydroxylation is 2. The van der Waals surface area contributed by atoms with E-state index in [2.05, 4.69) is 28.2 Å². The summed E-state index contributed by atoms with van der Waals surface area (Å²) in [5, 5.41) is 11.7. The van der Waals surface area contributed by atoms with Gasteiger partial charge in [0.2, 0.25) is 0 Å². The first-order valence-electron chi connectivity index (χ1n) is 15.8. The van der Waals surface area contributed by atoms with E-state index in [-0.39, 0.29) is 31.2 Å². The van der Waals surface area contributed by atoms with Crippen LogP contribution in [0.25, 0.3) is 55.6 Å². The number of nitrogens with zero attached hydrogens (tertiary/aromatic N) is 3. The third-order valence-electron chi connectivity index (χ3n) is 6.57. The summed E-state index contributed by atoms with van der Waals surface area (Å²) in [6.07, 6.45) is 3.05. The van der Waals surface area contributed by atoms with Crippen molar-refractivity contribution in [2.75, 3.05) is 0 Å². The Morgan fingerprint density at radius 2 is 1.57 bits per heavy atom. The van der Waals surface area contributed by atoms with E-state index >= 15 is 0 Å². The standard InChI is InChI=1S/C24H13N2O.C13H12N.Ir/c25-15-21-17(16-7-2-1-3-8-16)12-13-19-18-9-6-10-20(23(18)27-24(19)21)22-11-4-5-14-26-22;1-10-3-6-12(7-4-10)13-8-5-11(2)9-14-13;/h1-9,11-14H;3-6,8-9H,1-2H3;/q2*-1;/i;1D3,2D3;. The number of rotatable bonds is 3. The molecule has 7 aromatic rings. The zero-order valence-electron chi connectivity index (χ0n) is 28.1. The molecule has 0 aliphatic rings. The molecule has 3 aromatic heterocycles. The molecule has 0 aliphatic carbocycles. The van der Waals surface area contributed by atoms with Gasteiger partial charge in [-0.05, 0) is 35.4 Å². The third-order valence-corrected chi connectivity index (χ3v) is 6.57. The van der Waals surface area contributed by atoms with Crippen molar-refractivity contribution in [3.63, 3.8) is 0 Å². The van der Waals surface area contributed by atoms with E-state index in [0.717, 1.165) is 33.2 Å². The quantitative estimate of drug-likeness (QED) is 0.171. The molecule has 0 bridgehead atoms. The number of hydrogen-bond donors (Lipinski definition) is 0. The zero-order chi connectivity index (χ0) is 33.2. The molecule has 1 radical (unpaired) electrons. The minimum Gasteiger partial charge on any atom is -0.499 e. The predicted molar refractivity (Wildman–Crippen MR) is 164 cm³/mol. The van der Waals surface area contributed by atoms with E-state index in [0.29, 0.717) is 28.0 Å². The number of hydrogen-bond acceptors (Lipinski definition) is 4. The van der Waals surface area contributed by atoms with Gasteiger partial charge in [0.15, 0.2) is 0 Å². The molecule has 42 heavy (non-hydrogen) atoms. The maximum atomic E-state index is 9.86. The van der Waals surface area contributed by atoms with Gasteiger partial charge in [-0.1, -0.05) is 84.5 Å². The molecule has 0 aliphatic heterocycles. The summed E-state index contributed by atoms with van der Waals surface area (Å²) in [6.45, 7) is -4.34. The van der Waals surface area contributed by atoms with E-state index in [1.54, 1.807) is 18.3 Å². The Kier molecular flexibility index (Phi) is 6.62. The fourth-order valence-electron chi connectivity index (χ4n) is 4.61. The summed E-state index contributed by atoms with van der Waals surface area (Å²) in [4.78, 5) is 8.50. The zero-order valence-corrected chi connectivity index (χ0v) is 24.4. The molecule has 0 spiro atoms. The molecule has 4 aromatic carbocycles. The van der Waals surface area contributed by atoms with Crippen LogP contribution in [0.15, 0.2) is 120 Å². The topological polar surface area (TPSA) is 62.7 Å². The molecule has 3 heterocycles. The van der Waals surface area contributed by atoms with Crippen molar-refractivity contribution in [3.8, 4) is 39.7 Å². The molecule has 0 saturated heterocycles. The number of furan rings is 1. The van der Waals surface area contributed by atoms with Crippen LogP contribution < -0.4 is 0 Å². The van der Waals surface area contributed by atoms with Gasteiger partial charge in [-0.25, -0.2) is 0 Å². The minimum absolute atomic E-state index is 0. The molecule has 0 unspecified atom stereocenters. The SMILES string of the molecule is N#Cc1c(-c2ccccc2)ccc2c1oc1c(-c3ccccn3)[c-]ccc12.[2H]C([2H])([2H])c1c[c-]c(-c2ccc(C([2H])([2H])[2H])cn2)cc1.[Ir]. The number of fused-ring (bicyclic) bond motifs is 3. The van der Waals surface area contributed by atoms with Crippen LogP contribution in [0.3, 0.4) is 0 Å². The van der Waals surface area contributed by atoms with Crippen LogP contribution >= 0.6 is 0 Å². The van der Waals surface area contributed by atoms with Crippen LogP contribution in [0.4, 0.5) is 0 Å². The van der Waals surface area contributed by atoms with Gasteiger partial charge in [-0.3, -0.25) is 0 Å². The minimum atomic E-state index is -2.18. The van der Waals surface area contributed by atoms with Crippen molar-refractivity contribution >= 4 is 21.9 Å². The average molecular weight is 726 g/mol. The maximum Gasteiger partial charge on any atom is 0.139 e. The Balaban J connectivity index is 0.000000193. The van der Waals surface area contributed by atoms with Gasteiger partial charge >= 0.3 is 0 Å². The monoisotopic (exact) mass is 726 g/mol. The van der Waals surface area contributed by atoms with Gasteiger partial charge in [0.25, 0.3) is 0 Å². The largest absolute Gasteiger partial charge is 0.499 e. The van der Waals surface area contributed by atoms with Crippen LogP contribution in [0, 0.1) is 37.2 Å². The van der Waals surface area contributed by atoms with E-state index in [9.17, 15) is 5.26 Å². The Bertz CT molecular complexity index is 2150. The second-order valence-corrected chi connectivity index (χ2v) is 9.18. The summed E-state index contributed by atoms with van der Waals surface area (Å²) in [7, 11) is 0. The molecular formula is C37H25IrN3O-2. The molecule has 0 amide bonds. The first-order chi connectivity index (χ1) is 22.5. The van der Waals surface area contributed by atoms with Crippen molar-refractivity contribution < 1.29 is 32.7 Å². The molecule has 7 rings (SSSR count). The second-order valence-electron chi connectivity index (χ2n) is 9.18. The predicted octanol–water partition coefficient (Wildman–Crippen LogP) is 9.15. The van der Waals surface area contributed by atoms with Crippen LogP contribution in [-0.4, -0.2) is 9.97 Å². The van der Waals surface area contributed by atoms with Crippen molar-refractivity contribution in [1.29, 1.82) is 5.26 Å². The summed E-state index contributed by atoms with van der Waals surface area (Å²) >= 11 is 0. The summed E-state index contributed by atoms with van der Waals surface area (Å²) in [5.41, 5.74) is 6.85. The maximum absolute atomic E-state index is 9.86. The van der Waals surface area contributed by atoms with Crippen LogP contribution in [-0.2, 0) is 20.1 Å². The number of pyridine rings is 2. The Labute approximate surface area is 267 Å². The number of nitriles is 1. The van der Waals surface area contributed by atoms with Crippen molar-refractivity contribution in [1.82, 2.24) is 9.97 Å². The van der Waals surface area contributed by atoms with Gasteiger partial charge in [-0.15, -0.1) is 53.6 Å². The Morgan fingerprint density at radius 3 is 2.26 bits per heavy atom. The van der Waals surface area contributed by atoms with Gasteiger partial charge in [0.05, 0.1) is 5.58 Å². The number of aromatic nitrogens is 2. The fourth-order valence-corrected chi connectivity index (χ4v) is 4.61. The molecular weight excluding hydrogens is 695 g/mol. The second kappa shape index (κ2) is 12.7. The molecule has 4 nitrogen and oxygen atoms in total. The fraction of sp³-hybridized carbons (Fsp3) is 0.0541. The molecule has 0 fully saturated rings. The van der Waals surface area contributed by atoms with E-state index in [1.807, 2.05) is 72.8 Å². The first kappa shape index (κ1) is 21.8. The van der Waals surface area contributed by atoms with Crippen LogP contribution in [0.1, 0.15) is 24.9 Å². The van der Waals surface area contributed by atoms with Crippen LogP contribution in [0.5, 0.6) is 0 Å². The molecule has 0 N–H and O–H groups in total. The van der Waals surface area contributed by atoms with Gasteiger partial charge < -0.3 is 14.4 Å². The van der Waals surface area contributed by atoms with E-state index in [1.165, 1.54) is 24.4 Å². The van der Waals surface area contributed by atoms with Gasteiger partial charge in [0, 0.05) is 51.7 Å². The van der Waals surface area contributed by atoms with Crippen molar-refractivity contribution in [2.24, 2.45) is 0 Å². The third kappa shape index (κ3) is 5.78. The van der Waals surface area contributed by atoms with E-state index in [4.69, 9.17) is 12.6 Å². The molecule has 5 heteroatoms. The van der Waals surface area contributed by atoms with Gasteiger partial charge in [0.1, 0.15) is 17.2 Å². The summed E-state index contributed by atoms with van der Waals surface area (Å²) < 4.78 is 49.9. The summed E-state index contributed by atoms with van der Waals surface area (Å²) in [5.74, 6) is 0. The first-order valence-corrected chi connectivity index (χ1v) is 12.8. The van der Waals surface area contributed by atoms with Gasteiger partial charge in [-0.2, -0.15) is 5.26 Å². The smallest absolute Gasteiger partial charge is 0.139 e. The Morgan fingerprint density at radius 1 is 0.762 bits per heavy atom. The summed E-state index contributed by atoms with van der Waals surface area (Å²) in [6, 6.07) is 39.5. The van der Waals surface area contributed by atoms with Crippen molar-refractivity contribution in [2.45, 2.75) is 13.7 Å². The molecule has 205 valence electrons. The average Bonchev–Trinajstić information content (AvgIpc) is 3.47. The molecule has 0 atom stereocenters. The molecule has 0 saturated carbocycles. The normalized spacial score (nSPS) is 13.1. The van der Waals surface area contributed by atoms with Crippen LogP contribution in [0.2, 0.25) is 0 Å². The Hall–Kier alpha value is -4.88. The number of benzene rings is 4. The van der Waals surface area contributed by atoms with Crippen molar-refractivity contribution in [3.05, 3.63) is 144 Å².